The topological polar surface area (TPSA) is 12.4 Å². The zero-order chi connectivity index (χ0) is 8.81. The van der Waals surface area contributed by atoms with Crippen LogP contribution in [0.25, 0.3) is 0 Å². The van der Waals surface area contributed by atoms with E-state index in [1.165, 1.54) is 12.1 Å². The van der Waals surface area contributed by atoms with Crippen LogP contribution in [0.15, 0.2) is 41.9 Å². The van der Waals surface area contributed by atoms with Crippen molar-refractivity contribution >= 4 is 6.21 Å². The Kier molecular flexibility index (Phi) is 3.20. The smallest absolute Gasteiger partial charge is 0.123 e. The predicted molar refractivity (Wildman–Crippen MR) is 49.1 cm³/mol. The van der Waals surface area contributed by atoms with Crippen LogP contribution in [-0.4, -0.2) is 12.8 Å². The van der Waals surface area contributed by atoms with Gasteiger partial charge in [-0.2, -0.15) is 0 Å². The number of hydrogen-bond donors (Lipinski definition) is 0. The normalized spacial score (nSPS) is 10.4. The molecule has 0 bridgehead atoms. The highest BCUT2D eigenvalue weighted by Gasteiger charge is 1.87. The van der Waals surface area contributed by atoms with E-state index >= 15 is 0 Å². The van der Waals surface area contributed by atoms with Gasteiger partial charge in [0.15, 0.2) is 0 Å². The molecule has 0 saturated carbocycles. The molecule has 0 radical (unpaired) electrons. The first-order valence-corrected chi connectivity index (χ1v) is 3.69. The SMILES string of the molecule is C=CCN=Cc1ccc(F)cc1. The highest BCUT2D eigenvalue weighted by molar-refractivity contribution is 5.79. The molecule has 1 aromatic carbocycles. The van der Waals surface area contributed by atoms with E-state index in [0.29, 0.717) is 6.54 Å². The van der Waals surface area contributed by atoms with Crippen LogP contribution >= 0.6 is 0 Å². The average molecular weight is 163 g/mol. The summed E-state index contributed by atoms with van der Waals surface area (Å²) in [4.78, 5) is 4.02. The van der Waals surface area contributed by atoms with Gasteiger partial charge in [-0.25, -0.2) is 4.39 Å². The van der Waals surface area contributed by atoms with Crippen molar-refractivity contribution in [3.8, 4) is 0 Å². The monoisotopic (exact) mass is 163 g/mol. The third-order valence-corrected chi connectivity index (χ3v) is 1.34. The van der Waals surface area contributed by atoms with Crippen molar-refractivity contribution < 1.29 is 4.39 Å². The van der Waals surface area contributed by atoms with Gasteiger partial charge >= 0.3 is 0 Å². The van der Waals surface area contributed by atoms with Gasteiger partial charge in [0.2, 0.25) is 0 Å². The third-order valence-electron chi connectivity index (χ3n) is 1.34. The summed E-state index contributed by atoms with van der Waals surface area (Å²) in [5.41, 5.74) is 0.901. The molecule has 0 spiro atoms. The van der Waals surface area contributed by atoms with Gasteiger partial charge in [-0.1, -0.05) is 18.2 Å². The Morgan fingerprint density at radius 2 is 2.00 bits per heavy atom. The van der Waals surface area contributed by atoms with E-state index in [0.717, 1.165) is 5.56 Å². The van der Waals surface area contributed by atoms with Crippen molar-refractivity contribution in [3.05, 3.63) is 48.3 Å². The van der Waals surface area contributed by atoms with Gasteiger partial charge in [-0.15, -0.1) is 6.58 Å². The third kappa shape index (κ3) is 2.66. The standard InChI is InChI=1S/C10H10FN/c1-2-7-12-8-9-3-5-10(11)6-4-9/h2-6,8H,1,7H2. The van der Waals surface area contributed by atoms with E-state index in [2.05, 4.69) is 11.6 Å². The van der Waals surface area contributed by atoms with Crippen LogP contribution in [0.2, 0.25) is 0 Å². The maximum absolute atomic E-state index is 12.4. The zero-order valence-corrected chi connectivity index (χ0v) is 6.70. The molecule has 0 atom stereocenters. The van der Waals surface area contributed by atoms with Gasteiger partial charge in [0.25, 0.3) is 0 Å². The second-order valence-electron chi connectivity index (χ2n) is 2.33. The zero-order valence-electron chi connectivity index (χ0n) is 6.70. The highest BCUT2D eigenvalue weighted by Crippen LogP contribution is 1.99. The molecule has 0 fully saturated rings. The summed E-state index contributed by atoms with van der Waals surface area (Å²) in [6.45, 7) is 4.13. The van der Waals surface area contributed by atoms with Crippen LogP contribution in [0, 0.1) is 5.82 Å². The largest absolute Gasteiger partial charge is 0.288 e. The Balaban J connectivity index is 2.64. The van der Waals surface area contributed by atoms with Gasteiger partial charge in [-0.3, -0.25) is 4.99 Å². The minimum Gasteiger partial charge on any atom is -0.288 e. The van der Waals surface area contributed by atoms with Crippen LogP contribution in [0.4, 0.5) is 4.39 Å². The molecule has 0 aromatic heterocycles. The Morgan fingerprint density at radius 1 is 1.33 bits per heavy atom. The van der Waals surface area contributed by atoms with E-state index in [9.17, 15) is 4.39 Å². The first-order chi connectivity index (χ1) is 5.83. The maximum Gasteiger partial charge on any atom is 0.123 e. The minimum atomic E-state index is -0.226. The van der Waals surface area contributed by atoms with Gasteiger partial charge in [0.05, 0.1) is 6.54 Å². The van der Waals surface area contributed by atoms with Crippen LogP contribution in [0.3, 0.4) is 0 Å². The minimum absolute atomic E-state index is 0.226. The lowest BCUT2D eigenvalue weighted by Gasteiger charge is -1.90. The first-order valence-electron chi connectivity index (χ1n) is 3.69. The fraction of sp³-hybridized carbons (Fsp3) is 0.100. The molecule has 1 rings (SSSR count). The fourth-order valence-corrected chi connectivity index (χ4v) is 0.781. The van der Waals surface area contributed by atoms with E-state index < -0.39 is 0 Å². The number of benzene rings is 1. The van der Waals surface area contributed by atoms with Crippen LogP contribution in [0.5, 0.6) is 0 Å². The molecular weight excluding hydrogens is 153 g/mol. The molecule has 0 N–H and O–H groups in total. The summed E-state index contributed by atoms with van der Waals surface area (Å²) < 4.78 is 12.4. The molecule has 0 aliphatic heterocycles. The van der Waals surface area contributed by atoms with Crippen LogP contribution < -0.4 is 0 Å². The quantitative estimate of drug-likeness (QED) is 0.479. The molecule has 0 unspecified atom stereocenters. The molecule has 2 heteroatoms. The Labute approximate surface area is 71.3 Å². The van der Waals surface area contributed by atoms with Crippen molar-refractivity contribution in [2.45, 2.75) is 0 Å². The molecular formula is C10H10FN. The number of aliphatic imine (C=N–C) groups is 1. The van der Waals surface area contributed by atoms with Crippen molar-refractivity contribution in [2.24, 2.45) is 4.99 Å². The second-order valence-corrected chi connectivity index (χ2v) is 2.33. The summed E-state index contributed by atoms with van der Waals surface area (Å²) in [6, 6.07) is 6.19. The van der Waals surface area contributed by atoms with Crippen molar-refractivity contribution in [1.29, 1.82) is 0 Å². The molecule has 0 heterocycles. The summed E-state index contributed by atoms with van der Waals surface area (Å²) in [5.74, 6) is -0.226. The Bertz CT molecular complexity index is 274. The van der Waals surface area contributed by atoms with Crippen LogP contribution in [0.1, 0.15) is 5.56 Å². The van der Waals surface area contributed by atoms with Gasteiger partial charge in [0, 0.05) is 6.21 Å². The predicted octanol–water partition coefficient (Wildman–Crippen LogP) is 2.43. The fourth-order valence-electron chi connectivity index (χ4n) is 0.781. The lowest BCUT2D eigenvalue weighted by atomic mass is 10.2. The summed E-state index contributed by atoms with van der Waals surface area (Å²) in [7, 11) is 0. The summed E-state index contributed by atoms with van der Waals surface area (Å²) in [6.07, 6.45) is 3.40. The molecule has 62 valence electrons. The number of nitrogens with zero attached hydrogens (tertiary/aromatic N) is 1. The summed E-state index contributed by atoms with van der Waals surface area (Å²) >= 11 is 0. The molecule has 12 heavy (non-hydrogen) atoms. The lowest BCUT2D eigenvalue weighted by Crippen LogP contribution is -1.82. The number of hydrogen-bond acceptors (Lipinski definition) is 1. The number of rotatable bonds is 3. The van der Waals surface area contributed by atoms with Crippen molar-refractivity contribution in [2.75, 3.05) is 6.54 Å². The van der Waals surface area contributed by atoms with Crippen LogP contribution in [-0.2, 0) is 0 Å². The van der Waals surface area contributed by atoms with Gasteiger partial charge in [-0.05, 0) is 17.7 Å². The van der Waals surface area contributed by atoms with Crippen molar-refractivity contribution in [3.63, 3.8) is 0 Å². The second kappa shape index (κ2) is 4.44. The summed E-state index contributed by atoms with van der Waals surface area (Å²) in [5, 5.41) is 0. The molecule has 0 aliphatic rings. The Morgan fingerprint density at radius 3 is 2.58 bits per heavy atom. The van der Waals surface area contributed by atoms with E-state index in [-0.39, 0.29) is 5.82 Å². The van der Waals surface area contributed by atoms with Crippen molar-refractivity contribution in [1.82, 2.24) is 0 Å². The molecule has 1 nitrogen and oxygen atoms in total. The maximum atomic E-state index is 12.4. The van der Waals surface area contributed by atoms with Gasteiger partial charge < -0.3 is 0 Å². The molecule has 0 aliphatic carbocycles. The van der Waals surface area contributed by atoms with E-state index in [4.69, 9.17) is 0 Å². The molecule has 1 aromatic rings. The number of halogens is 1. The molecule has 0 saturated heterocycles. The average Bonchev–Trinajstić information content (AvgIpc) is 2.09. The Hall–Kier alpha value is -1.44. The molecule has 0 amide bonds. The van der Waals surface area contributed by atoms with E-state index in [1.807, 2.05) is 0 Å². The first kappa shape index (κ1) is 8.65. The van der Waals surface area contributed by atoms with Gasteiger partial charge in [0.1, 0.15) is 5.82 Å². The lowest BCUT2D eigenvalue weighted by molar-refractivity contribution is 0.628. The highest BCUT2D eigenvalue weighted by atomic mass is 19.1. The van der Waals surface area contributed by atoms with E-state index in [1.54, 1.807) is 24.4 Å².